The molecule has 0 saturated carbocycles. The maximum absolute atomic E-state index is 11.3. The van der Waals surface area contributed by atoms with Gasteiger partial charge in [-0.2, -0.15) is 0 Å². The van der Waals surface area contributed by atoms with Crippen LogP contribution in [0.4, 0.5) is 0 Å². The van der Waals surface area contributed by atoms with E-state index in [0.29, 0.717) is 6.42 Å². The maximum Gasteiger partial charge on any atom is 0.315 e. The lowest BCUT2D eigenvalue weighted by atomic mass is 10.0. The van der Waals surface area contributed by atoms with Crippen LogP contribution >= 0.6 is 0 Å². The smallest absolute Gasteiger partial charge is 0.315 e. The summed E-state index contributed by atoms with van der Waals surface area (Å²) in [5, 5.41) is 0. The molecule has 0 bridgehead atoms. The standard InChI is InChI=1S/C12H13NO3/c1-15-10-2-6-3-11(14)16-12(6)9-5-7(13)4-8(9)10/h2,7H,3-5,13H2,1H3. The number of carbonyl (C=O) groups excluding carboxylic acids is 1. The lowest BCUT2D eigenvalue weighted by molar-refractivity contribution is -0.131. The molecule has 0 amide bonds. The van der Waals surface area contributed by atoms with Gasteiger partial charge in [0.25, 0.3) is 0 Å². The number of esters is 1. The van der Waals surface area contributed by atoms with Gasteiger partial charge in [-0.15, -0.1) is 0 Å². The van der Waals surface area contributed by atoms with Crippen LogP contribution in [0.25, 0.3) is 0 Å². The monoisotopic (exact) mass is 219 g/mol. The van der Waals surface area contributed by atoms with Crippen LogP contribution in [0.5, 0.6) is 11.5 Å². The fourth-order valence-electron chi connectivity index (χ4n) is 2.57. The molecule has 16 heavy (non-hydrogen) atoms. The van der Waals surface area contributed by atoms with Gasteiger partial charge in [-0.3, -0.25) is 4.79 Å². The van der Waals surface area contributed by atoms with Gasteiger partial charge in [0.15, 0.2) is 0 Å². The predicted molar refractivity (Wildman–Crippen MR) is 57.7 cm³/mol. The zero-order valence-corrected chi connectivity index (χ0v) is 9.08. The van der Waals surface area contributed by atoms with Gasteiger partial charge < -0.3 is 15.2 Å². The molecule has 4 heteroatoms. The summed E-state index contributed by atoms with van der Waals surface area (Å²) in [5.41, 5.74) is 9.03. The van der Waals surface area contributed by atoms with Crippen LogP contribution in [0.15, 0.2) is 6.07 Å². The third-order valence-corrected chi connectivity index (χ3v) is 3.24. The maximum atomic E-state index is 11.3. The molecule has 2 N–H and O–H groups in total. The van der Waals surface area contributed by atoms with Crippen molar-refractivity contribution < 1.29 is 14.3 Å². The fourth-order valence-corrected chi connectivity index (χ4v) is 2.57. The average molecular weight is 219 g/mol. The van der Waals surface area contributed by atoms with Crippen LogP contribution in [-0.4, -0.2) is 19.1 Å². The molecule has 0 fully saturated rings. The molecule has 1 atom stereocenters. The van der Waals surface area contributed by atoms with E-state index in [1.165, 1.54) is 0 Å². The Bertz CT molecular complexity index is 482. The highest BCUT2D eigenvalue weighted by atomic mass is 16.5. The van der Waals surface area contributed by atoms with Crippen molar-refractivity contribution in [2.75, 3.05) is 7.11 Å². The molecule has 4 nitrogen and oxygen atoms in total. The molecule has 1 aromatic carbocycles. The van der Waals surface area contributed by atoms with Crippen LogP contribution in [0.1, 0.15) is 16.7 Å². The van der Waals surface area contributed by atoms with Crippen molar-refractivity contribution in [3.8, 4) is 11.5 Å². The van der Waals surface area contributed by atoms with Crippen molar-refractivity contribution in [1.82, 2.24) is 0 Å². The summed E-state index contributed by atoms with van der Waals surface area (Å²) in [6.07, 6.45) is 1.90. The molecule has 1 aliphatic heterocycles. The Labute approximate surface area is 93.3 Å². The van der Waals surface area contributed by atoms with Crippen molar-refractivity contribution in [1.29, 1.82) is 0 Å². The molecule has 1 heterocycles. The third kappa shape index (κ3) is 1.23. The van der Waals surface area contributed by atoms with Crippen LogP contribution in [0.3, 0.4) is 0 Å². The Morgan fingerprint density at radius 2 is 2.19 bits per heavy atom. The van der Waals surface area contributed by atoms with Gasteiger partial charge in [0.05, 0.1) is 13.5 Å². The van der Waals surface area contributed by atoms with Crippen molar-refractivity contribution in [3.63, 3.8) is 0 Å². The number of ether oxygens (including phenoxy) is 2. The van der Waals surface area contributed by atoms with Crippen LogP contribution in [0, 0.1) is 0 Å². The Balaban J connectivity index is 2.19. The Morgan fingerprint density at radius 3 is 2.94 bits per heavy atom. The molecular formula is C12H13NO3. The van der Waals surface area contributed by atoms with Crippen molar-refractivity contribution in [3.05, 3.63) is 22.8 Å². The van der Waals surface area contributed by atoms with Gasteiger partial charge in [0.2, 0.25) is 0 Å². The summed E-state index contributed by atoms with van der Waals surface area (Å²) in [7, 11) is 1.64. The number of benzene rings is 1. The first-order chi connectivity index (χ1) is 7.69. The molecule has 1 aliphatic carbocycles. The number of methoxy groups -OCH3 is 1. The molecule has 0 radical (unpaired) electrons. The van der Waals surface area contributed by atoms with Crippen LogP contribution in [-0.2, 0) is 24.1 Å². The Kier molecular flexibility index (Phi) is 1.94. The van der Waals surface area contributed by atoms with E-state index < -0.39 is 0 Å². The minimum Gasteiger partial charge on any atom is -0.496 e. The zero-order valence-electron chi connectivity index (χ0n) is 9.08. The molecule has 2 aliphatic rings. The summed E-state index contributed by atoms with van der Waals surface area (Å²) >= 11 is 0. The van der Waals surface area contributed by atoms with E-state index in [0.717, 1.165) is 41.0 Å². The second kappa shape index (κ2) is 3.22. The molecule has 0 spiro atoms. The summed E-state index contributed by atoms with van der Waals surface area (Å²) < 4.78 is 10.6. The van der Waals surface area contributed by atoms with Gasteiger partial charge in [-0.1, -0.05) is 0 Å². The lowest BCUT2D eigenvalue weighted by Gasteiger charge is -2.10. The first-order valence-corrected chi connectivity index (χ1v) is 5.37. The molecule has 1 aromatic rings. The van der Waals surface area contributed by atoms with Crippen LogP contribution < -0.4 is 15.2 Å². The lowest BCUT2D eigenvalue weighted by Crippen LogP contribution is -2.19. The average Bonchev–Trinajstić information content (AvgIpc) is 2.78. The summed E-state index contributed by atoms with van der Waals surface area (Å²) in [6, 6.07) is 2.01. The van der Waals surface area contributed by atoms with E-state index in [-0.39, 0.29) is 12.0 Å². The van der Waals surface area contributed by atoms with E-state index in [2.05, 4.69) is 0 Å². The molecule has 0 saturated heterocycles. The highest BCUT2D eigenvalue weighted by Gasteiger charge is 2.32. The SMILES string of the molecule is COc1cc2c(c3c1CC(N)C3)OC(=O)C2. The fraction of sp³-hybridized carbons (Fsp3) is 0.417. The number of carbonyl (C=O) groups is 1. The van der Waals surface area contributed by atoms with E-state index in [1.54, 1.807) is 7.11 Å². The molecule has 1 unspecified atom stereocenters. The first-order valence-electron chi connectivity index (χ1n) is 5.37. The predicted octanol–water partition coefficient (Wildman–Crippen LogP) is 0.583. The van der Waals surface area contributed by atoms with Gasteiger partial charge in [0, 0.05) is 22.7 Å². The molecule has 84 valence electrons. The number of fused-ring (bicyclic) bond motifs is 3. The summed E-state index contributed by atoms with van der Waals surface area (Å²) in [5.74, 6) is 1.37. The highest BCUT2D eigenvalue weighted by molar-refractivity contribution is 5.83. The van der Waals surface area contributed by atoms with E-state index in [1.807, 2.05) is 6.07 Å². The van der Waals surface area contributed by atoms with Gasteiger partial charge in [-0.05, 0) is 18.9 Å². The largest absolute Gasteiger partial charge is 0.496 e. The van der Waals surface area contributed by atoms with Gasteiger partial charge in [0.1, 0.15) is 11.5 Å². The molecule has 0 aromatic heterocycles. The zero-order chi connectivity index (χ0) is 11.3. The Morgan fingerprint density at radius 1 is 1.44 bits per heavy atom. The van der Waals surface area contributed by atoms with E-state index in [9.17, 15) is 4.79 Å². The second-order valence-corrected chi connectivity index (χ2v) is 4.34. The highest BCUT2D eigenvalue weighted by Crippen LogP contribution is 2.42. The number of rotatable bonds is 1. The summed E-state index contributed by atoms with van der Waals surface area (Å²) in [6.45, 7) is 0. The van der Waals surface area contributed by atoms with Crippen LogP contribution in [0.2, 0.25) is 0 Å². The van der Waals surface area contributed by atoms with Crippen molar-refractivity contribution in [2.24, 2.45) is 5.73 Å². The van der Waals surface area contributed by atoms with Gasteiger partial charge in [-0.25, -0.2) is 0 Å². The Hall–Kier alpha value is -1.55. The number of nitrogens with two attached hydrogens (primary N) is 1. The van der Waals surface area contributed by atoms with E-state index >= 15 is 0 Å². The minimum absolute atomic E-state index is 0.106. The number of hydrogen-bond donors (Lipinski definition) is 1. The minimum atomic E-state index is -0.189. The van der Waals surface area contributed by atoms with E-state index in [4.69, 9.17) is 15.2 Å². The third-order valence-electron chi connectivity index (χ3n) is 3.24. The number of hydrogen-bond acceptors (Lipinski definition) is 4. The van der Waals surface area contributed by atoms with Crippen molar-refractivity contribution >= 4 is 5.97 Å². The quantitative estimate of drug-likeness (QED) is 0.554. The molecule has 3 rings (SSSR count). The normalized spacial score (nSPS) is 21.6. The van der Waals surface area contributed by atoms with Crippen molar-refractivity contribution in [2.45, 2.75) is 25.3 Å². The second-order valence-electron chi connectivity index (χ2n) is 4.34. The first kappa shape index (κ1) is 9.66. The van der Waals surface area contributed by atoms with Gasteiger partial charge >= 0.3 is 5.97 Å². The summed E-state index contributed by atoms with van der Waals surface area (Å²) in [4.78, 5) is 11.3. The topological polar surface area (TPSA) is 61.6 Å². The molecular weight excluding hydrogens is 206 g/mol.